The number of rotatable bonds is 9. The number of thioether (sulfide) groups is 1. The van der Waals surface area contributed by atoms with Crippen LogP contribution in [-0.4, -0.2) is 36.8 Å². The molecule has 1 aliphatic rings. The second-order valence-electron chi connectivity index (χ2n) is 7.78. The highest BCUT2D eigenvalue weighted by Gasteiger charge is 2.32. The molecule has 7 heteroatoms. The maximum atomic E-state index is 13.4. The number of methoxy groups -OCH3 is 2. The van der Waals surface area contributed by atoms with Gasteiger partial charge in [0.05, 0.1) is 19.9 Å². The molecule has 0 aliphatic carbocycles. The predicted octanol–water partition coefficient (Wildman–Crippen LogP) is 5.84. The summed E-state index contributed by atoms with van der Waals surface area (Å²) in [5.74, 6) is 1.95. The molecule has 178 valence electrons. The van der Waals surface area contributed by atoms with Crippen molar-refractivity contribution in [1.29, 1.82) is 0 Å². The van der Waals surface area contributed by atoms with Crippen LogP contribution in [0, 0.1) is 0 Å². The topological polar surface area (TPSA) is 68.2 Å². The van der Waals surface area contributed by atoms with Crippen molar-refractivity contribution in [2.75, 3.05) is 24.9 Å². The first-order chi connectivity index (χ1) is 17.1. The van der Waals surface area contributed by atoms with Crippen LogP contribution in [0.3, 0.4) is 0 Å². The van der Waals surface area contributed by atoms with Crippen molar-refractivity contribution in [3.63, 3.8) is 0 Å². The number of amides is 1. The fraction of sp³-hybridized carbons (Fsp3) is 0.179. The molecule has 1 amide bonds. The van der Waals surface area contributed by atoms with Gasteiger partial charge in [0.2, 0.25) is 0 Å². The molecule has 3 aromatic rings. The third-order valence-corrected chi connectivity index (χ3v) is 6.46. The molecule has 4 rings (SSSR count). The summed E-state index contributed by atoms with van der Waals surface area (Å²) in [4.78, 5) is 32.0. The van der Waals surface area contributed by atoms with Crippen LogP contribution in [0.1, 0.15) is 28.8 Å². The molecule has 6 nitrogen and oxygen atoms in total. The van der Waals surface area contributed by atoms with Gasteiger partial charge in [0.15, 0.2) is 11.0 Å². The van der Waals surface area contributed by atoms with E-state index in [2.05, 4.69) is 4.99 Å². The van der Waals surface area contributed by atoms with Crippen molar-refractivity contribution in [3.8, 4) is 11.5 Å². The van der Waals surface area contributed by atoms with E-state index < -0.39 is 0 Å². The number of carbonyl (C=O) groups excluding carboxylic acids is 2. The molecular formula is C28H26N2O4S. The number of hydrogen-bond acceptors (Lipinski definition) is 6. The number of carbonyl (C=O) groups is 2. The van der Waals surface area contributed by atoms with Gasteiger partial charge in [-0.3, -0.25) is 14.5 Å². The second-order valence-corrected chi connectivity index (χ2v) is 8.84. The Bertz CT molecular complexity index is 1250. The van der Waals surface area contributed by atoms with Gasteiger partial charge < -0.3 is 9.47 Å². The van der Waals surface area contributed by atoms with E-state index in [1.54, 1.807) is 25.2 Å². The van der Waals surface area contributed by atoms with Gasteiger partial charge in [-0.1, -0.05) is 60.3 Å². The van der Waals surface area contributed by atoms with Crippen molar-refractivity contribution in [1.82, 2.24) is 0 Å². The molecule has 0 radical (unpaired) electrons. The van der Waals surface area contributed by atoms with Crippen LogP contribution in [-0.2, 0) is 4.79 Å². The summed E-state index contributed by atoms with van der Waals surface area (Å²) in [7, 11) is 3.20. The molecule has 0 aromatic heterocycles. The van der Waals surface area contributed by atoms with E-state index in [9.17, 15) is 9.59 Å². The predicted molar refractivity (Wildman–Crippen MR) is 141 cm³/mol. The van der Waals surface area contributed by atoms with E-state index in [-0.39, 0.29) is 11.7 Å². The first kappa shape index (κ1) is 24.3. The standard InChI is InChI=1S/C28H26N2O4S/c1-33-23-15-13-20(14-16-23)18-25-27(32)30(22-10-6-11-24(19-22)34-2)28(29-25)35-17-7-12-26(31)21-8-4-3-5-9-21/h3-6,8-11,13-16,18-19H,7,12,17H2,1-2H3/b25-18+. The Hall–Kier alpha value is -3.84. The van der Waals surface area contributed by atoms with Gasteiger partial charge in [-0.15, -0.1) is 0 Å². The van der Waals surface area contributed by atoms with E-state index in [4.69, 9.17) is 9.47 Å². The Morgan fingerprint density at radius 2 is 1.69 bits per heavy atom. The van der Waals surface area contributed by atoms with Crippen molar-refractivity contribution >= 4 is 40.4 Å². The highest BCUT2D eigenvalue weighted by molar-refractivity contribution is 8.14. The van der Waals surface area contributed by atoms with E-state index in [0.717, 1.165) is 11.3 Å². The average Bonchev–Trinajstić information content (AvgIpc) is 3.21. The van der Waals surface area contributed by atoms with Crippen LogP contribution < -0.4 is 14.4 Å². The first-order valence-corrected chi connectivity index (χ1v) is 12.2. The minimum Gasteiger partial charge on any atom is -0.497 e. The zero-order chi connectivity index (χ0) is 24.6. The third-order valence-electron chi connectivity index (χ3n) is 5.44. The Morgan fingerprint density at radius 3 is 2.40 bits per heavy atom. The number of Topliss-reactive ketones (excluding diaryl/α,β-unsaturated/α-hetero) is 1. The van der Waals surface area contributed by atoms with Gasteiger partial charge in [0.25, 0.3) is 5.91 Å². The summed E-state index contributed by atoms with van der Waals surface area (Å²) in [5.41, 5.74) is 2.59. The van der Waals surface area contributed by atoms with Crippen molar-refractivity contribution in [2.45, 2.75) is 12.8 Å². The zero-order valence-electron chi connectivity index (χ0n) is 19.6. The Kier molecular flexibility index (Phi) is 8.00. The summed E-state index contributed by atoms with van der Waals surface area (Å²) in [6.45, 7) is 0. The molecule has 0 unspecified atom stereocenters. The Morgan fingerprint density at radius 1 is 0.943 bits per heavy atom. The minimum absolute atomic E-state index is 0.111. The number of benzene rings is 3. The molecule has 0 atom stereocenters. The smallest absolute Gasteiger partial charge is 0.283 e. The summed E-state index contributed by atoms with van der Waals surface area (Å²) < 4.78 is 10.6. The van der Waals surface area contributed by atoms with Crippen LogP contribution in [0.2, 0.25) is 0 Å². The molecule has 1 heterocycles. The molecule has 1 aliphatic heterocycles. The highest BCUT2D eigenvalue weighted by Crippen LogP contribution is 2.32. The van der Waals surface area contributed by atoms with Crippen LogP contribution in [0.25, 0.3) is 6.08 Å². The van der Waals surface area contributed by atoms with Crippen LogP contribution in [0.15, 0.2) is 89.6 Å². The molecule has 0 N–H and O–H groups in total. The number of ether oxygens (including phenoxy) is 2. The van der Waals surface area contributed by atoms with Gasteiger partial charge in [-0.25, -0.2) is 4.99 Å². The number of nitrogens with zero attached hydrogens (tertiary/aromatic N) is 2. The Labute approximate surface area is 209 Å². The number of anilines is 1. The normalized spacial score (nSPS) is 14.2. The molecule has 0 spiro atoms. The van der Waals surface area contributed by atoms with Crippen LogP contribution in [0.5, 0.6) is 11.5 Å². The summed E-state index contributed by atoms with van der Waals surface area (Å²) >= 11 is 1.46. The SMILES string of the molecule is COc1ccc(/C=C2/N=C(SCCCC(=O)c3ccccc3)N(c3cccc(OC)c3)C2=O)cc1. The van der Waals surface area contributed by atoms with Crippen molar-refractivity contribution < 1.29 is 19.1 Å². The van der Waals surface area contributed by atoms with Gasteiger partial charge in [-0.2, -0.15) is 0 Å². The molecular weight excluding hydrogens is 460 g/mol. The highest BCUT2D eigenvalue weighted by atomic mass is 32.2. The number of aliphatic imine (C=N–C) groups is 1. The lowest BCUT2D eigenvalue weighted by molar-refractivity contribution is -0.113. The third kappa shape index (κ3) is 6.00. The van der Waals surface area contributed by atoms with Crippen molar-refractivity contribution in [3.05, 3.63) is 95.7 Å². The largest absolute Gasteiger partial charge is 0.497 e. The van der Waals surface area contributed by atoms with Crippen molar-refractivity contribution in [2.24, 2.45) is 4.99 Å². The van der Waals surface area contributed by atoms with E-state index in [1.807, 2.05) is 78.9 Å². The number of ketones is 1. The Balaban J connectivity index is 1.52. The maximum absolute atomic E-state index is 13.4. The molecule has 35 heavy (non-hydrogen) atoms. The van der Waals surface area contributed by atoms with Crippen LogP contribution in [0.4, 0.5) is 5.69 Å². The molecule has 3 aromatic carbocycles. The first-order valence-electron chi connectivity index (χ1n) is 11.2. The van der Waals surface area contributed by atoms with E-state index in [1.165, 1.54) is 11.8 Å². The average molecular weight is 487 g/mol. The lowest BCUT2D eigenvalue weighted by Crippen LogP contribution is -2.30. The van der Waals surface area contributed by atoms with Gasteiger partial charge in [-0.05, 0) is 42.3 Å². The summed E-state index contributed by atoms with van der Waals surface area (Å²) in [6.07, 6.45) is 2.88. The zero-order valence-corrected chi connectivity index (χ0v) is 20.5. The monoisotopic (exact) mass is 486 g/mol. The lowest BCUT2D eigenvalue weighted by atomic mass is 10.1. The van der Waals surface area contributed by atoms with E-state index >= 15 is 0 Å². The molecule has 0 saturated heterocycles. The number of hydrogen-bond donors (Lipinski definition) is 0. The van der Waals surface area contributed by atoms with Gasteiger partial charge >= 0.3 is 0 Å². The molecule has 0 fully saturated rings. The number of amidine groups is 1. The quantitative estimate of drug-likeness (QED) is 0.216. The lowest BCUT2D eigenvalue weighted by Gasteiger charge is -2.18. The molecule has 0 saturated carbocycles. The molecule has 0 bridgehead atoms. The fourth-order valence-corrected chi connectivity index (χ4v) is 4.54. The fourth-order valence-electron chi connectivity index (χ4n) is 3.59. The summed E-state index contributed by atoms with van der Waals surface area (Å²) in [5, 5.41) is 0.579. The maximum Gasteiger partial charge on any atom is 0.283 e. The minimum atomic E-state index is -0.211. The van der Waals surface area contributed by atoms with Crippen LogP contribution >= 0.6 is 11.8 Å². The summed E-state index contributed by atoms with van der Waals surface area (Å²) in [6, 6.07) is 24.1. The van der Waals surface area contributed by atoms with Gasteiger partial charge in [0.1, 0.15) is 17.2 Å². The van der Waals surface area contributed by atoms with Gasteiger partial charge in [0, 0.05) is 23.8 Å². The second kappa shape index (κ2) is 11.5. The van der Waals surface area contributed by atoms with E-state index in [0.29, 0.717) is 46.5 Å².